The predicted molar refractivity (Wildman–Crippen MR) is 126 cm³/mol. The largest absolute Gasteiger partial charge is 0.511 e. The summed E-state index contributed by atoms with van der Waals surface area (Å²) in [7, 11) is 0. The Kier molecular flexibility index (Phi) is 13.2. The van der Waals surface area contributed by atoms with Crippen LogP contribution < -0.4 is 14.8 Å². The first-order valence-electron chi connectivity index (χ1n) is 11.7. The van der Waals surface area contributed by atoms with Gasteiger partial charge in [-0.1, -0.05) is 6.07 Å². The topological polar surface area (TPSA) is 145 Å². The number of benzene rings is 1. The average molecular weight is 568 g/mol. The van der Waals surface area contributed by atoms with E-state index < -0.39 is 74.7 Å². The highest BCUT2D eigenvalue weighted by Gasteiger charge is 2.41. The summed E-state index contributed by atoms with van der Waals surface area (Å²) in [6.45, 7) is 8.12. The summed E-state index contributed by atoms with van der Waals surface area (Å²) in [5.41, 5.74) is 0.204. The van der Waals surface area contributed by atoms with Gasteiger partial charge in [-0.2, -0.15) is 13.2 Å². The zero-order chi connectivity index (χ0) is 29.8. The molecule has 1 N–H and O–H groups in total. The maximum Gasteiger partial charge on any atom is 0.511 e. The van der Waals surface area contributed by atoms with E-state index in [4.69, 9.17) is 33.2 Å². The zero-order valence-corrected chi connectivity index (χ0v) is 22.3. The first-order chi connectivity index (χ1) is 18.1. The number of rotatable bonds is 13. The number of esters is 1. The van der Waals surface area contributed by atoms with Crippen LogP contribution in [0.4, 0.5) is 22.8 Å². The number of carbonyl (C=O) groups excluding carboxylic acids is 4. The van der Waals surface area contributed by atoms with Crippen LogP contribution >= 0.6 is 0 Å². The molecule has 0 aliphatic rings. The molecule has 0 saturated carbocycles. The van der Waals surface area contributed by atoms with Crippen LogP contribution in [0.2, 0.25) is 0 Å². The molecule has 0 aliphatic heterocycles. The van der Waals surface area contributed by atoms with Crippen LogP contribution in [0.25, 0.3) is 0 Å². The van der Waals surface area contributed by atoms with Crippen LogP contribution in [0.5, 0.6) is 11.5 Å². The number of halogens is 3. The smallest absolute Gasteiger partial charge is 0.461 e. The SMILES string of the molecule is CC(C)OC(=O)OCOc1ccc(C[C@@H](NC(=O)C(F)(F)F)C(=O)OC(C)C)cc1OCOC(=O)OC(C)C. The highest BCUT2D eigenvalue weighted by Crippen LogP contribution is 2.29. The molecule has 1 aromatic rings. The standard InChI is InChI=1S/C24H32F3NO11/c1-13(2)37-20(29)17(28-21(30)24(25,26)27)9-16-7-8-18(33-11-35-22(31)38-14(3)4)19(10-16)34-12-36-23(32)39-15(5)6/h7-8,10,13-15,17H,9,11-12H2,1-6H3,(H,28,30)/t17-/m1/s1. The van der Waals surface area contributed by atoms with Crippen molar-refractivity contribution in [3.63, 3.8) is 0 Å². The second-order valence-electron chi connectivity index (χ2n) is 8.64. The van der Waals surface area contributed by atoms with E-state index in [1.165, 1.54) is 32.0 Å². The number of nitrogens with one attached hydrogen (secondary N) is 1. The molecule has 0 unspecified atom stereocenters. The van der Waals surface area contributed by atoms with Gasteiger partial charge in [0.1, 0.15) is 6.04 Å². The third kappa shape index (κ3) is 13.4. The van der Waals surface area contributed by atoms with Gasteiger partial charge < -0.3 is 38.5 Å². The molecule has 0 radical (unpaired) electrons. The predicted octanol–water partition coefficient (Wildman–Crippen LogP) is 4.02. The van der Waals surface area contributed by atoms with E-state index in [1.807, 2.05) is 0 Å². The van der Waals surface area contributed by atoms with Crippen molar-refractivity contribution in [3.05, 3.63) is 23.8 Å². The number of hydrogen-bond acceptors (Lipinski definition) is 11. The van der Waals surface area contributed by atoms with Gasteiger partial charge in [0.15, 0.2) is 11.5 Å². The first kappa shape index (κ1) is 33.1. The molecule has 0 bridgehead atoms. The van der Waals surface area contributed by atoms with Crippen molar-refractivity contribution in [1.82, 2.24) is 5.32 Å². The molecule has 0 spiro atoms. The molecule has 0 fully saturated rings. The lowest BCUT2D eigenvalue weighted by atomic mass is 10.0. The molecule has 1 aromatic carbocycles. The van der Waals surface area contributed by atoms with Gasteiger partial charge in [-0.25, -0.2) is 14.4 Å². The highest BCUT2D eigenvalue weighted by molar-refractivity contribution is 5.87. The average Bonchev–Trinajstić information content (AvgIpc) is 2.77. The maximum absolute atomic E-state index is 12.8. The summed E-state index contributed by atoms with van der Waals surface area (Å²) >= 11 is 0. The molecule has 0 saturated heterocycles. The Balaban J connectivity index is 3.12. The van der Waals surface area contributed by atoms with E-state index in [1.54, 1.807) is 33.0 Å². The molecule has 12 nitrogen and oxygen atoms in total. The third-order valence-corrected chi connectivity index (χ3v) is 4.09. The molecular weight excluding hydrogens is 535 g/mol. The molecule has 0 aromatic heterocycles. The van der Waals surface area contributed by atoms with Crippen LogP contribution in [0, 0.1) is 0 Å². The quantitative estimate of drug-likeness (QED) is 0.210. The molecule has 1 amide bonds. The minimum absolute atomic E-state index is 0.0300. The Morgan fingerprint density at radius 2 is 1.26 bits per heavy atom. The van der Waals surface area contributed by atoms with Crippen LogP contribution in [0.15, 0.2) is 18.2 Å². The molecule has 39 heavy (non-hydrogen) atoms. The summed E-state index contributed by atoms with van der Waals surface area (Å²) in [6.07, 6.45) is -9.27. The van der Waals surface area contributed by atoms with Crippen LogP contribution in [-0.2, 0) is 39.7 Å². The lowest BCUT2D eigenvalue weighted by molar-refractivity contribution is -0.176. The van der Waals surface area contributed by atoms with E-state index >= 15 is 0 Å². The van der Waals surface area contributed by atoms with E-state index in [0.717, 1.165) is 0 Å². The maximum atomic E-state index is 12.8. The lowest BCUT2D eigenvalue weighted by Crippen LogP contribution is -2.49. The molecule has 1 rings (SSSR count). The van der Waals surface area contributed by atoms with Crippen molar-refractivity contribution < 1.29 is 65.5 Å². The van der Waals surface area contributed by atoms with Gasteiger partial charge in [0.2, 0.25) is 13.6 Å². The van der Waals surface area contributed by atoms with Gasteiger partial charge in [-0.05, 0) is 59.2 Å². The van der Waals surface area contributed by atoms with E-state index in [0.29, 0.717) is 0 Å². The number of carbonyl (C=O) groups is 4. The molecular formula is C24H32F3NO11. The Morgan fingerprint density at radius 3 is 1.72 bits per heavy atom. The number of ether oxygens (including phenoxy) is 7. The monoisotopic (exact) mass is 567 g/mol. The third-order valence-electron chi connectivity index (χ3n) is 4.09. The van der Waals surface area contributed by atoms with Crippen molar-refractivity contribution in [2.24, 2.45) is 0 Å². The van der Waals surface area contributed by atoms with Crippen LogP contribution in [0.3, 0.4) is 0 Å². The van der Waals surface area contributed by atoms with Crippen molar-refractivity contribution in [3.8, 4) is 11.5 Å². The van der Waals surface area contributed by atoms with E-state index in [-0.39, 0.29) is 17.1 Å². The molecule has 1 atom stereocenters. The molecule has 15 heteroatoms. The normalized spacial score (nSPS) is 12.0. The summed E-state index contributed by atoms with van der Waals surface area (Å²) in [4.78, 5) is 47.1. The van der Waals surface area contributed by atoms with Gasteiger partial charge in [-0.15, -0.1) is 0 Å². The Labute approximate surface area is 222 Å². The highest BCUT2D eigenvalue weighted by atomic mass is 19.4. The van der Waals surface area contributed by atoms with Crippen LogP contribution in [-0.4, -0.2) is 68.3 Å². The fraction of sp³-hybridized carbons (Fsp3) is 0.583. The first-order valence-corrected chi connectivity index (χ1v) is 11.7. The Hall–Kier alpha value is -3.91. The Morgan fingerprint density at radius 1 is 0.769 bits per heavy atom. The molecule has 0 aliphatic carbocycles. The Bertz CT molecular complexity index is 981. The van der Waals surface area contributed by atoms with E-state index in [9.17, 15) is 32.3 Å². The second kappa shape index (κ2) is 15.5. The fourth-order valence-electron chi connectivity index (χ4n) is 2.63. The summed E-state index contributed by atoms with van der Waals surface area (Å²) < 4.78 is 73.4. The van der Waals surface area contributed by atoms with Crippen LogP contribution in [0.1, 0.15) is 47.1 Å². The zero-order valence-electron chi connectivity index (χ0n) is 22.3. The van der Waals surface area contributed by atoms with Crippen molar-refractivity contribution in [2.45, 2.75) is 78.5 Å². The minimum Gasteiger partial charge on any atom is -0.461 e. The molecule has 220 valence electrons. The van der Waals surface area contributed by atoms with Gasteiger partial charge in [0.25, 0.3) is 0 Å². The van der Waals surface area contributed by atoms with Gasteiger partial charge in [-0.3, -0.25) is 4.79 Å². The van der Waals surface area contributed by atoms with Gasteiger partial charge >= 0.3 is 30.4 Å². The minimum atomic E-state index is -5.24. The van der Waals surface area contributed by atoms with Crippen molar-refractivity contribution >= 4 is 24.2 Å². The lowest BCUT2D eigenvalue weighted by Gasteiger charge is -2.21. The second-order valence-corrected chi connectivity index (χ2v) is 8.64. The van der Waals surface area contributed by atoms with Gasteiger partial charge in [0.05, 0.1) is 18.3 Å². The summed E-state index contributed by atoms with van der Waals surface area (Å²) in [5, 5.41) is 1.62. The van der Waals surface area contributed by atoms with Gasteiger partial charge in [0, 0.05) is 6.42 Å². The molecule has 0 heterocycles. The number of alkyl halides is 3. The summed E-state index contributed by atoms with van der Waals surface area (Å²) in [5.74, 6) is -3.56. The number of hydrogen-bond donors (Lipinski definition) is 1. The fourth-order valence-corrected chi connectivity index (χ4v) is 2.63. The summed E-state index contributed by atoms with van der Waals surface area (Å²) in [6, 6.07) is 2.21. The van der Waals surface area contributed by atoms with Crippen molar-refractivity contribution in [2.75, 3.05) is 13.6 Å². The van der Waals surface area contributed by atoms with E-state index in [2.05, 4.69) is 0 Å². The van der Waals surface area contributed by atoms with Crippen molar-refractivity contribution in [1.29, 1.82) is 0 Å². The number of amides is 1.